The maximum Gasteiger partial charge on any atom is 0.338 e. The van der Waals surface area contributed by atoms with Gasteiger partial charge in [0.2, 0.25) is 0 Å². The van der Waals surface area contributed by atoms with E-state index in [0.717, 1.165) is 41.1 Å². The molecule has 1 fully saturated rings. The summed E-state index contributed by atoms with van der Waals surface area (Å²) in [6, 6.07) is 22.8. The van der Waals surface area contributed by atoms with Crippen LogP contribution in [0.3, 0.4) is 0 Å². The van der Waals surface area contributed by atoms with Gasteiger partial charge >= 0.3 is 5.97 Å². The third-order valence-corrected chi connectivity index (χ3v) is 8.87. The number of rotatable bonds is 8. The molecule has 0 bridgehead atoms. The van der Waals surface area contributed by atoms with Gasteiger partial charge in [0, 0.05) is 24.3 Å². The number of hydrogen-bond donors (Lipinski definition) is 0. The summed E-state index contributed by atoms with van der Waals surface area (Å²) in [5.41, 5.74) is 5.52. The Balaban J connectivity index is 1.55. The topological polar surface area (TPSA) is 73.1 Å². The predicted octanol–water partition coefficient (Wildman–Crippen LogP) is 5.24. The molecule has 2 aliphatic heterocycles. The van der Waals surface area contributed by atoms with Crippen LogP contribution in [-0.2, 0) is 9.53 Å². The lowest BCUT2D eigenvalue weighted by atomic mass is 9.93. The molecule has 3 heterocycles. The number of esters is 1. The van der Waals surface area contributed by atoms with E-state index in [1.165, 1.54) is 29.9 Å². The Kier molecular flexibility index (Phi) is 8.29. The minimum Gasteiger partial charge on any atom is -0.494 e. The lowest BCUT2D eigenvalue weighted by molar-refractivity contribution is -0.138. The first-order valence-electron chi connectivity index (χ1n) is 14.8. The zero-order valence-corrected chi connectivity index (χ0v) is 25.5. The molecule has 0 aliphatic carbocycles. The van der Waals surface area contributed by atoms with E-state index in [2.05, 4.69) is 30.0 Å². The Morgan fingerprint density at radius 2 is 1.74 bits per heavy atom. The normalized spacial score (nSPS) is 16.7. The van der Waals surface area contributed by atoms with E-state index in [1.54, 1.807) is 11.5 Å². The first kappa shape index (κ1) is 28.7. The number of nitrogens with zero attached hydrogens (tertiary/aromatic N) is 3. The standard InChI is InChI=1S/C35H35N3O4S/c1-4-41-28-17-14-25(15-18-28)32-30(34(40)42-5-2)31(24-11-7-6-8-12-24)36-35-38(32)33(39)29(43-35)22-26-13-16-27(21-23(26)3)37-19-9-10-20-37/h6-8,11-18,21-22,32H,4-5,9-10,19-20H2,1-3H3/b29-22-/t32-/m0/s1. The number of aryl methyl sites for hydroxylation is 1. The lowest BCUT2D eigenvalue weighted by Gasteiger charge is -2.26. The molecule has 1 aromatic heterocycles. The number of carbonyl (C=O) groups is 1. The molecule has 0 saturated carbocycles. The SMILES string of the molecule is CCOC(=O)C1=C(c2ccccc2)N=c2s/c(=C\c3ccc(N4CCCC4)cc3C)c(=O)n2[C@H]1c1ccc(OCC)cc1. The summed E-state index contributed by atoms with van der Waals surface area (Å²) in [4.78, 5) is 35.7. The average Bonchev–Trinajstić information content (AvgIpc) is 3.67. The highest BCUT2D eigenvalue weighted by atomic mass is 32.1. The fourth-order valence-corrected chi connectivity index (χ4v) is 6.80. The molecule has 8 heteroatoms. The Hall–Kier alpha value is -4.43. The third kappa shape index (κ3) is 5.67. The summed E-state index contributed by atoms with van der Waals surface area (Å²) in [6.45, 7) is 8.69. The van der Waals surface area contributed by atoms with Gasteiger partial charge < -0.3 is 14.4 Å². The third-order valence-electron chi connectivity index (χ3n) is 7.89. The van der Waals surface area contributed by atoms with Crippen LogP contribution in [0.1, 0.15) is 55.0 Å². The van der Waals surface area contributed by atoms with Crippen molar-refractivity contribution in [2.45, 2.75) is 39.7 Å². The number of hydrogen-bond acceptors (Lipinski definition) is 7. The van der Waals surface area contributed by atoms with Crippen LogP contribution in [0.15, 0.2) is 88.2 Å². The molecule has 0 radical (unpaired) electrons. The molecule has 7 nitrogen and oxygen atoms in total. The molecule has 0 spiro atoms. The van der Waals surface area contributed by atoms with Crippen molar-refractivity contribution in [2.24, 2.45) is 4.99 Å². The van der Waals surface area contributed by atoms with Crippen molar-refractivity contribution in [3.8, 4) is 5.75 Å². The second-order valence-corrected chi connectivity index (χ2v) is 11.7. The molecule has 3 aromatic carbocycles. The summed E-state index contributed by atoms with van der Waals surface area (Å²) < 4.78 is 13.4. The lowest BCUT2D eigenvalue weighted by Crippen LogP contribution is -2.40. The summed E-state index contributed by atoms with van der Waals surface area (Å²) in [5.74, 6) is 0.225. The highest BCUT2D eigenvalue weighted by molar-refractivity contribution is 7.07. The Bertz CT molecular complexity index is 1850. The van der Waals surface area contributed by atoms with Crippen molar-refractivity contribution < 1.29 is 14.3 Å². The van der Waals surface area contributed by atoms with Crippen LogP contribution in [-0.4, -0.2) is 36.8 Å². The van der Waals surface area contributed by atoms with Crippen LogP contribution < -0.4 is 24.5 Å². The van der Waals surface area contributed by atoms with Gasteiger partial charge in [-0.05, 0) is 80.6 Å². The van der Waals surface area contributed by atoms with E-state index in [4.69, 9.17) is 14.5 Å². The molecule has 43 heavy (non-hydrogen) atoms. The minimum atomic E-state index is -0.720. The monoisotopic (exact) mass is 593 g/mol. The largest absolute Gasteiger partial charge is 0.494 e. The number of anilines is 1. The van der Waals surface area contributed by atoms with Crippen molar-refractivity contribution in [2.75, 3.05) is 31.2 Å². The van der Waals surface area contributed by atoms with Crippen LogP contribution >= 0.6 is 11.3 Å². The molecule has 6 rings (SSSR count). The van der Waals surface area contributed by atoms with Gasteiger partial charge in [-0.25, -0.2) is 9.79 Å². The van der Waals surface area contributed by atoms with Crippen molar-refractivity contribution in [1.29, 1.82) is 0 Å². The van der Waals surface area contributed by atoms with Gasteiger partial charge in [0.05, 0.1) is 35.1 Å². The van der Waals surface area contributed by atoms with E-state index in [0.29, 0.717) is 27.2 Å². The number of ether oxygens (including phenoxy) is 2. The summed E-state index contributed by atoms with van der Waals surface area (Å²) in [6.07, 6.45) is 4.38. The fourth-order valence-electron chi connectivity index (χ4n) is 5.80. The van der Waals surface area contributed by atoms with Gasteiger partial charge in [-0.15, -0.1) is 0 Å². The molecule has 0 unspecified atom stereocenters. The maximum absolute atomic E-state index is 14.2. The molecule has 1 saturated heterocycles. The molecular weight excluding hydrogens is 558 g/mol. The molecule has 2 aliphatic rings. The van der Waals surface area contributed by atoms with E-state index in [9.17, 15) is 9.59 Å². The first-order chi connectivity index (χ1) is 21.0. The Morgan fingerprint density at radius 1 is 1.00 bits per heavy atom. The molecule has 0 N–H and O–H groups in total. The summed E-state index contributed by atoms with van der Waals surface area (Å²) >= 11 is 1.34. The van der Waals surface area contributed by atoms with Crippen molar-refractivity contribution in [3.63, 3.8) is 0 Å². The molecule has 220 valence electrons. The highest BCUT2D eigenvalue weighted by Crippen LogP contribution is 2.35. The number of benzene rings is 3. The van der Waals surface area contributed by atoms with Gasteiger partial charge in [-0.3, -0.25) is 9.36 Å². The summed E-state index contributed by atoms with van der Waals surface area (Å²) in [5, 5.41) is 0. The Labute approximate surface area is 255 Å². The van der Waals surface area contributed by atoms with Crippen LogP contribution in [0.4, 0.5) is 5.69 Å². The first-order valence-corrected chi connectivity index (χ1v) is 15.7. The molecule has 4 aromatic rings. The number of aromatic nitrogens is 1. The van der Waals surface area contributed by atoms with Crippen LogP contribution in [0.25, 0.3) is 11.8 Å². The maximum atomic E-state index is 14.2. The van der Waals surface area contributed by atoms with Gasteiger partial charge in [-0.2, -0.15) is 0 Å². The van der Waals surface area contributed by atoms with Crippen LogP contribution in [0, 0.1) is 6.92 Å². The molecule has 0 amide bonds. The molecule has 1 atom stereocenters. The van der Waals surface area contributed by atoms with Crippen molar-refractivity contribution in [3.05, 3.63) is 120 Å². The highest BCUT2D eigenvalue weighted by Gasteiger charge is 2.35. The van der Waals surface area contributed by atoms with E-state index in [-0.39, 0.29) is 12.2 Å². The van der Waals surface area contributed by atoms with E-state index < -0.39 is 12.0 Å². The average molecular weight is 594 g/mol. The predicted molar refractivity (Wildman–Crippen MR) is 171 cm³/mol. The van der Waals surface area contributed by atoms with Crippen LogP contribution in [0.2, 0.25) is 0 Å². The fraction of sp³-hybridized carbons (Fsp3) is 0.286. The second-order valence-electron chi connectivity index (χ2n) is 10.7. The second kappa shape index (κ2) is 12.4. The smallest absolute Gasteiger partial charge is 0.338 e. The zero-order chi connectivity index (χ0) is 29.9. The van der Waals surface area contributed by atoms with Gasteiger partial charge in [0.15, 0.2) is 4.80 Å². The van der Waals surface area contributed by atoms with Gasteiger partial charge in [0.1, 0.15) is 5.75 Å². The minimum absolute atomic E-state index is 0.195. The number of fused-ring (bicyclic) bond motifs is 1. The van der Waals surface area contributed by atoms with E-state index in [1.807, 2.05) is 67.6 Å². The number of carbonyl (C=O) groups excluding carboxylic acids is 1. The van der Waals surface area contributed by atoms with Gasteiger partial charge in [0.25, 0.3) is 5.56 Å². The van der Waals surface area contributed by atoms with Crippen molar-refractivity contribution in [1.82, 2.24) is 4.57 Å². The van der Waals surface area contributed by atoms with Gasteiger partial charge in [-0.1, -0.05) is 59.9 Å². The molecular formula is C35H35N3O4S. The number of thiazole rings is 1. The van der Waals surface area contributed by atoms with Crippen LogP contribution in [0.5, 0.6) is 5.75 Å². The quantitative estimate of drug-likeness (QED) is 0.261. The summed E-state index contributed by atoms with van der Waals surface area (Å²) in [7, 11) is 0. The van der Waals surface area contributed by atoms with Crippen molar-refractivity contribution >= 4 is 34.8 Å². The van der Waals surface area contributed by atoms with E-state index >= 15 is 0 Å². The Morgan fingerprint density at radius 3 is 2.42 bits per heavy atom. The zero-order valence-electron chi connectivity index (χ0n) is 24.7.